The Labute approximate surface area is 437 Å². The first-order chi connectivity index (χ1) is 37.3. The molecule has 12 rings (SSSR count). The second-order valence-electron chi connectivity index (χ2n) is 18.3. The summed E-state index contributed by atoms with van der Waals surface area (Å²) in [5.41, 5.74) is 9.09. The average molecular weight is 977 g/mol. The Kier molecular flexibility index (Phi) is 11.7. The quantitative estimate of drug-likeness (QED) is 0.101. The summed E-state index contributed by atoms with van der Waals surface area (Å²) in [4.78, 5) is 11.2. The highest BCUT2D eigenvalue weighted by molar-refractivity contribution is 6.28. The number of halogens is 2. The molecule has 0 saturated carbocycles. The van der Waals surface area contributed by atoms with Crippen LogP contribution in [0.5, 0.6) is 0 Å². The van der Waals surface area contributed by atoms with Crippen molar-refractivity contribution in [1.82, 2.24) is 0 Å². The van der Waals surface area contributed by atoms with E-state index in [4.69, 9.17) is 13.1 Å². The van der Waals surface area contributed by atoms with E-state index in [0.717, 1.165) is 32.3 Å². The van der Waals surface area contributed by atoms with E-state index < -0.39 is 11.6 Å². The molecule has 0 atom stereocenters. The van der Waals surface area contributed by atoms with E-state index in [1.54, 1.807) is 97.1 Å². The molecule has 8 heteroatoms. The Morgan fingerprint density at radius 2 is 0.750 bits per heavy atom. The van der Waals surface area contributed by atoms with Crippen LogP contribution in [0, 0.1) is 47.4 Å². The van der Waals surface area contributed by atoms with E-state index in [1.165, 1.54) is 0 Å². The SMILES string of the molecule is [C-]#[N+]c1cccc(-c2ccc(N(c3ccccc3)c3ccc4ccc5c(N(c6ccccc6)c6ccc(-c7cccc(C#N)c7)c(-c7cccc([N+]#[C-])c7)c6F)ccc6ccc3c4c65)c(F)c2-c2cccc(C#N)c2)c1. The van der Waals surface area contributed by atoms with Gasteiger partial charge in [0.05, 0.1) is 59.2 Å². The van der Waals surface area contributed by atoms with E-state index >= 15 is 8.78 Å². The molecule has 354 valence electrons. The lowest BCUT2D eigenvalue weighted by molar-refractivity contribution is 0.632. The van der Waals surface area contributed by atoms with E-state index in [0.29, 0.717) is 89.8 Å². The lowest BCUT2D eigenvalue weighted by atomic mass is 9.90. The molecular formula is C68H38F2N6. The Bertz CT molecular complexity index is 4160. The Morgan fingerprint density at radius 1 is 0.368 bits per heavy atom. The Balaban J connectivity index is 1.09. The van der Waals surface area contributed by atoms with Gasteiger partial charge in [-0.15, -0.1) is 0 Å². The summed E-state index contributed by atoms with van der Waals surface area (Å²) in [5, 5.41) is 25.3. The van der Waals surface area contributed by atoms with Gasteiger partial charge in [-0.3, -0.25) is 0 Å². The highest BCUT2D eigenvalue weighted by Gasteiger charge is 2.28. The predicted molar refractivity (Wildman–Crippen MR) is 303 cm³/mol. The highest BCUT2D eigenvalue weighted by atomic mass is 19.1. The predicted octanol–water partition coefficient (Wildman–Crippen LogP) is 19.3. The van der Waals surface area contributed by atoms with Crippen molar-refractivity contribution in [2.24, 2.45) is 0 Å². The zero-order valence-electron chi connectivity index (χ0n) is 40.4. The number of benzene rings is 12. The molecule has 0 aliphatic carbocycles. The normalized spacial score (nSPS) is 11.0. The molecule has 12 aromatic carbocycles. The van der Waals surface area contributed by atoms with Crippen LogP contribution in [0.25, 0.3) is 86.5 Å². The standard InChI is InChI=1S/C68H38F2N6/c1-73-51-19-11-16-48(39-51)56-32-36-61(67(69)65(56)49-17-10-14-44(38-49)42-72)75(53-21-5-3-6-22-53)59-33-27-45-26-30-58-60(34-28-46-25-29-57(59)63(45)64(46)58)76(54-23-7-4-8-24-54)62-35-31-55(47-15-9-13-43(37-47)41-71)66(68(62)70)50-18-12-20-52(40-50)74-2/h3-40H. The molecule has 12 aromatic rings. The lowest BCUT2D eigenvalue weighted by Crippen LogP contribution is -2.14. The van der Waals surface area contributed by atoms with Crippen LogP contribution in [0.1, 0.15) is 11.1 Å². The van der Waals surface area contributed by atoms with Crippen LogP contribution in [0.3, 0.4) is 0 Å². The van der Waals surface area contributed by atoms with Crippen molar-refractivity contribution in [2.75, 3.05) is 9.80 Å². The lowest BCUT2D eigenvalue weighted by Gasteiger charge is -2.30. The van der Waals surface area contributed by atoms with Crippen molar-refractivity contribution in [1.29, 1.82) is 10.5 Å². The number of para-hydroxylation sites is 2. The van der Waals surface area contributed by atoms with Gasteiger partial charge in [0.2, 0.25) is 0 Å². The van der Waals surface area contributed by atoms with Gasteiger partial charge < -0.3 is 9.80 Å². The Hall–Kier alpha value is -10.9. The molecule has 0 unspecified atom stereocenters. The molecule has 0 bridgehead atoms. The van der Waals surface area contributed by atoms with Crippen molar-refractivity contribution in [3.63, 3.8) is 0 Å². The number of anilines is 6. The summed E-state index contributed by atoms with van der Waals surface area (Å²) >= 11 is 0. The topological polar surface area (TPSA) is 62.8 Å². The first-order valence-electron chi connectivity index (χ1n) is 24.4. The molecule has 0 heterocycles. The van der Waals surface area contributed by atoms with Gasteiger partial charge in [0.25, 0.3) is 0 Å². The van der Waals surface area contributed by atoms with Crippen LogP contribution in [0.2, 0.25) is 0 Å². The summed E-state index contributed by atoms with van der Waals surface area (Å²) in [7, 11) is 0. The molecule has 0 radical (unpaired) electrons. The molecule has 0 fully saturated rings. The maximum Gasteiger partial charge on any atom is 0.187 e. The largest absolute Gasteiger partial charge is 0.307 e. The van der Waals surface area contributed by atoms with Crippen molar-refractivity contribution in [2.45, 2.75) is 0 Å². The van der Waals surface area contributed by atoms with Gasteiger partial charge in [-0.1, -0.05) is 146 Å². The van der Waals surface area contributed by atoms with Crippen LogP contribution in [-0.2, 0) is 0 Å². The fourth-order valence-electron chi connectivity index (χ4n) is 10.6. The molecule has 0 saturated heterocycles. The van der Waals surface area contributed by atoms with Crippen molar-refractivity contribution >= 4 is 77.8 Å². The average Bonchev–Trinajstić information content (AvgIpc) is 3.62. The second-order valence-corrected chi connectivity index (χ2v) is 18.3. The molecule has 0 spiro atoms. The first-order valence-corrected chi connectivity index (χ1v) is 24.4. The molecule has 0 amide bonds. The van der Waals surface area contributed by atoms with E-state index in [2.05, 4.69) is 58.2 Å². The molecule has 0 aliphatic rings. The molecule has 0 aliphatic heterocycles. The molecule has 0 aromatic heterocycles. The number of hydrogen-bond acceptors (Lipinski definition) is 4. The summed E-state index contributed by atoms with van der Waals surface area (Å²) in [6, 6.07) is 75.6. The van der Waals surface area contributed by atoms with Gasteiger partial charge in [-0.25, -0.2) is 18.5 Å². The van der Waals surface area contributed by atoms with Crippen molar-refractivity contribution in [3.8, 4) is 56.6 Å². The second kappa shape index (κ2) is 19.3. The number of rotatable bonds is 10. The third-order valence-electron chi connectivity index (χ3n) is 14.0. The van der Waals surface area contributed by atoms with Crippen LogP contribution in [0.4, 0.5) is 54.3 Å². The zero-order valence-corrected chi connectivity index (χ0v) is 40.4. The molecular weight excluding hydrogens is 939 g/mol. The summed E-state index contributed by atoms with van der Waals surface area (Å²) in [5.74, 6) is -1.02. The number of hydrogen-bond donors (Lipinski definition) is 0. The first kappa shape index (κ1) is 46.2. The summed E-state index contributed by atoms with van der Waals surface area (Å²) in [6.07, 6.45) is 0. The fraction of sp³-hybridized carbons (Fsp3) is 0. The minimum absolute atomic E-state index is 0.274. The zero-order chi connectivity index (χ0) is 51.9. The molecule has 6 nitrogen and oxygen atoms in total. The minimum atomic E-state index is -0.512. The maximum atomic E-state index is 18.3. The maximum absolute atomic E-state index is 18.3. The van der Waals surface area contributed by atoms with E-state index in [-0.39, 0.29) is 11.4 Å². The van der Waals surface area contributed by atoms with Crippen LogP contribution in [0.15, 0.2) is 231 Å². The summed E-state index contributed by atoms with van der Waals surface area (Å²) < 4.78 is 36.6. The van der Waals surface area contributed by atoms with Gasteiger partial charge in [-0.05, 0) is 140 Å². The molecule has 76 heavy (non-hydrogen) atoms. The van der Waals surface area contributed by atoms with Crippen molar-refractivity contribution in [3.05, 3.63) is 276 Å². The smallest absolute Gasteiger partial charge is 0.187 e. The Morgan fingerprint density at radius 3 is 1.21 bits per heavy atom. The van der Waals surface area contributed by atoms with E-state index in [9.17, 15) is 10.5 Å². The number of nitrogens with zero attached hydrogens (tertiary/aromatic N) is 6. The third kappa shape index (κ3) is 7.94. The van der Waals surface area contributed by atoms with Crippen LogP contribution >= 0.6 is 0 Å². The third-order valence-corrected chi connectivity index (χ3v) is 14.0. The van der Waals surface area contributed by atoms with E-state index in [1.807, 2.05) is 107 Å². The van der Waals surface area contributed by atoms with Crippen molar-refractivity contribution < 1.29 is 8.78 Å². The van der Waals surface area contributed by atoms with Gasteiger partial charge >= 0.3 is 0 Å². The van der Waals surface area contributed by atoms with Crippen LogP contribution < -0.4 is 9.80 Å². The van der Waals surface area contributed by atoms with Gasteiger partial charge in [0, 0.05) is 33.3 Å². The highest BCUT2D eigenvalue weighted by Crippen LogP contribution is 2.51. The van der Waals surface area contributed by atoms with Gasteiger partial charge in [-0.2, -0.15) is 10.5 Å². The van der Waals surface area contributed by atoms with Crippen LogP contribution in [-0.4, -0.2) is 0 Å². The minimum Gasteiger partial charge on any atom is -0.307 e. The molecule has 0 N–H and O–H groups in total. The summed E-state index contributed by atoms with van der Waals surface area (Å²) in [6.45, 7) is 15.5. The van der Waals surface area contributed by atoms with Gasteiger partial charge in [0.15, 0.2) is 23.0 Å². The number of nitriles is 2. The fourth-order valence-corrected chi connectivity index (χ4v) is 10.6. The monoisotopic (exact) mass is 976 g/mol. The van der Waals surface area contributed by atoms with Gasteiger partial charge in [0.1, 0.15) is 0 Å².